The summed E-state index contributed by atoms with van der Waals surface area (Å²) in [5.41, 5.74) is 2.56. The van der Waals surface area contributed by atoms with Gasteiger partial charge in [-0.2, -0.15) is 5.10 Å². The molecule has 1 aromatic carbocycles. The van der Waals surface area contributed by atoms with Crippen molar-refractivity contribution >= 4 is 27.7 Å². The van der Waals surface area contributed by atoms with E-state index >= 15 is 0 Å². The van der Waals surface area contributed by atoms with Gasteiger partial charge < -0.3 is 5.32 Å². The number of nitrogens with zero attached hydrogens (tertiary/aromatic N) is 2. The molecule has 0 aliphatic rings. The third kappa shape index (κ3) is 3.07. The highest BCUT2D eigenvalue weighted by Crippen LogP contribution is 2.20. The van der Waals surface area contributed by atoms with Crippen molar-refractivity contribution in [2.75, 3.05) is 5.32 Å². The molecule has 0 saturated heterocycles. The molecule has 4 nitrogen and oxygen atoms in total. The van der Waals surface area contributed by atoms with Crippen LogP contribution in [0.25, 0.3) is 0 Å². The summed E-state index contributed by atoms with van der Waals surface area (Å²) in [6.45, 7) is 3.80. The molecule has 0 spiro atoms. The van der Waals surface area contributed by atoms with Gasteiger partial charge in [-0.1, -0.05) is 22.0 Å². The molecule has 0 atom stereocenters. The largest absolute Gasteiger partial charge is 0.310 e. The van der Waals surface area contributed by atoms with Gasteiger partial charge in [0.2, 0.25) is 5.91 Å². The third-order valence-electron chi connectivity index (χ3n) is 3.15. The smallest absolute Gasteiger partial charge is 0.229 e. The van der Waals surface area contributed by atoms with Crippen LogP contribution < -0.4 is 5.32 Å². The second kappa shape index (κ2) is 5.75. The van der Waals surface area contributed by atoms with E-state index in [2.05, 4.69) is 26.3 Å². The molecule has 6 heteroatoms. The fourth-order valence-electron chi connectivity index (χ4n) is 1.95. The Morgan fingerprint density at radius 2 is 2.15 bits per heavy atom. The molecule has 0 saturated carbocycles. The van der Waals surface area contributed by atoms with Crippen LogP contribution >= 0.6 is 15.9 Å². The quantitative estimate of drug-likeness (QED) is 0.933. The molecule has 1 N–H and O–H groups in total. The monoisotopic (exact) mass is 339 g/mol. The van der Waals surface area contributed by atoms with Crippen LogP contribution in [0.5, 0.6) is 0 Å². The van der Waals surface area contributed by atoms with E-state index in [0.29, 0.717) is 10.3 Å². The predicted octanol–water partition coefficient (Wildman–Crippen LogP) is 3.12. The Bertz CT molecular complexity index is 667. The Morgan fingerprint density at radius 1 is 1.45 bits per heavy atom. The lowest BCUT2D eigenvalue weighted by Gasteiger charge is -2.08. The van der Waals surface area contributed by atoms with E-state index in [1.54, 1.807) is 17.8 Å². The van der Waals surface area contributed by atoms with Crippen molar-refractivity contribution in [2.24, 2.45) is 7.05 Å². The van der Waals surface area contributed by atoms with Crippen molar-refractivity contribution in [3.63, 3.8) is 0 Å². The van der Waals surface area contributed by atoms with Gasteiger partial charge in [-0.05, 0) is 31.5 Å². The molecule has 1 aromatic heterocycles. The lowest BCUT2D eigenvalue weighted by atomic mass is 10.1. The lowest BCUT2D eigenvalue weighted by Crippen LogP contribution is -2.17. The number of halogens is 2. The molecule has 2 aromatic rings. The average molecular weight is 340 g/mol. The number of hydrogen-bond acceptors (Lipinski definition) is 2. The number of carbonyl (C=O) groups is 1. The number of aryl methyl sites for hydroxylation is 2. The van der Waals surface area contributed by atoms with Crippen LogP contribution in [0, 0.1) is 19.7 Å². The summed E-state index contributed by atoms with van der Waals surface area (Å²) in [7, 11) is 1.78. The molecule has 0 radical (unpaired) electrons. The van der Waals surface area contributed by atoms with Crippen LogP contribution in [0.3, 0.4) is 0 Å². The van der Waals surface area contributed by atoms with E-state index in [1.165, 1.54) is 12.1 Å². The number of nitrogens with one attached hydrogen (secondary N) is 1. The summed E-state index contributed by atoms with van der Waals surface area (Å²) < 4.78 is 15.2. The van der Waals surface area contributed by atoms with Crippen LogP contribution in [0.15, 0.2) is 22.7 Å². The fraction of sp³-hybridized carbons (Fsp3) is 0.286. The molecule has 0 fully saturated rings. The van der Waals surface area contributed by atoms with Gasteiger partial charge in [0.15, 0.2) is 0 Å². The van der Waals surface area contributed by atoms with E-state index in [9.17, 15) is 9.18 Å². The Labute approximate surface area is 125 Å². The topological polar surface area (TPSA) is 46.9 Å². The normalized spacial score (nSPS) is 10.7. The Hall–Kier alpha value is -1.69. The summed E-state index contributed by atoms with van der Waals surface area (Å²) in [4.78, 5) is 12.1. The first-order valence-electron chi connectivity index (χ1n) is 6.12. The van der Waals surface area contributed by atoms with E-state index < -0.39 is 0 Å². The van der Waals surface area contributed by atoms with Crippen LogP contribution in [-0.2, 0) is 18.3 Å². The SMILES string of the molecule is Cc1nn(C)c(NC(=O)Cc2ccc(F)cc2Br)c1C. The number of carbonyl (C=O) groups excluding carboxylic acids is 1. The Morgan fingerprint density at radius 3 is 2.70 bits per heavy atom. The number of hydrogen-bond donors (Lipinski definition) is 1. The van der Waals surface area contributed by atoms with Gasteiger partial charge in [-0.3, -0.25) is 9.48 Å². The maximum atomic E-state index is 13.0. The van der Waals surface area contributed by atoms with Crippen molar-refractivity contribution in [1.82, 2.24) is 9.78 Å². The van der Waals surface area contributed by atoms with Crippen molar-refractivity contribution in [2.45, 2.75) is 20.3 Å². The zero-order valence-corrected chi connectivity index (χ0v) is 13.1. The molecule has 0 aliphatic heterocycles. The first-order chi connectivity index (χ1) is 9.38. The van der Waals surface area contributed by atoms with Gasteiger partial charge in [0, 0.05) is 17.1 Å². The van der Waals surface area contributed by atoms with E-state index in [4.69, 9.17) is 0 Å². The lowest BCUT2D eigenvalue weighted by molar-refractivity contribution is -0.115. The van der Waals surface area contributed by atoms with Crippen LogP contribution in [-0.4, -0.2) is 15.7 Å². The zero-order chi connectivity index (χ0) is 14.9. The maximum absolute atomic E-state index is 13.0. The second-order valence-corrected chi connectivity index (χ2v) is 5.50. The minimum absolute atomic E-state index is 0.164. The van der Waals surface area contributed by atoms with Crippen molar-refractivity contribution in [3.8, 4) is 0 Å². The van der Waals surface area contributed by atoms with Gasteiger partial charge >= 0.3 is 0 Å². The molecule has 0 unspecified atom stereocenters. The highest BCUT2D eigenvalue weighted by atomic mass is 79.9. The molecule has 106 valence electrons. The first-order valence-corrected chi connectivity index (χ1v) is 6.91. The number of aromatic nitrogens is 2. The summed E-state index contributed by atoms with van der Waals surface area (Å²) in [6, 6.07) is 4.29. The van der Waals surface area contributed by atoms with Crippen LogP contribution in [0.1, 0.15) is 16.8 Å². The number of benzene rings is 1. The third-order valence-corrected chi connectivity index (χ3v) is 3.88. The molecule has 1 heterocycles. The minimum atomic E-state index is -0.334. The van der Waals surface area contributed by atoms with Crippen LogP contribution in [0.2, 0.25) is 0 Å². The van der Waals surface area contributed by atoms with Gasteiger partial charge in [0.1, 0.15) is 11.6 Å². The number of anilines is 1. The molecule has 20 heavy (non-hydrogen) atoms. The summed E-state index contributed by atoms with van der Waals surface area (Å²) >= 11 is 3.26. The minimum Gasteiger partial charge on any atom is -0.310 e. The van der Waals surface area contributed by atoms with E-state index in [1.807, 2.05) is 13.8 Å². The van der Waals surface area contributed by atoms with E-state index in [-0.39, 0.29) is 18.1 Å². The van der Waals surface area contributed by atoms with Gasteiger partial charge in [0.05, 0.1) is 12.1 Å². The highest BCUT2D eigenvalue weighted by molar-refractivity contribution is 9.10. The standard InChI is InChI=1S/C14H15BrFN3O/c1-8-9(2)18-19(3)14(8)17-13(20)6-10-4-5-11(16)7-12(10)15/h4-5,7H,6H2,1-3H3,(H,17,20). The first kappa shape index (κ1) is 14.7. The molecular weight excluding hydrogens is 325 g/mol. The van der Waals surface area contributed by atoms with Gasteiger partial charge in [-0.25, -0.2) is 4.39 Å². The van der Waals surface area contributed by atoms with Gasteiger partial charge in [0.25, 0.3) is 0 Å². The maximum Gasteiger partial charge on any atom is 0.229 e. The Balaban J connectivity index is 2.13. The molecular formula is C14H15BrFN3O. The molecule has 2 rings (SSSR count). The molecule has 0 aliphatic carbocycles. The fourth-order valence-corrected chi connectivity index (χ4v) is 2.44. The summed E-state index contributed by atoms with van der Waals surface area (Å²) in [6.07, 6.45) is 0.171. The molecule has 1 amide bonds. The van der Waals surface area contributed by atoms with Gasteiger partial charge in [-0.15, -0.1) is 0 Å². The second-order valence-electron chi connectivity index (χ2n) is 4.64. The van der Waals surface area contributed by atoms with Crippen molar-refractivity contribution < 1.29 is 9.18 Å². The highest BCUT2D eigenvalue weighted by Gasteiger charge is 2.13. The summed E-state index contributed by atoms with van der Waals surface area (Å²) in [5, 5.41) is 7.08. The summed E-state index contributed by atoms with van der Waals surface area (Å²) in [5.74, 6) is 0.188. The van der Waals surface area contributed by atoms with E-state index in [0.717, 1.165) is 16.8 Å². The van der Waals surface area contributed by atoms with Crippen molar-refractivity contribution in [1.29, 1.82) is 0 Å². The molecule has 0 bridgehead atoms. The predicted molar refractivity (Wildman–Crippen MR) is 79.1 cm³/mol. The number of rotatable bonds is 3. The zero-order valence-electron chi connectivity index (χ0n) is 11.5. The number of amides is 1. The average Bonchev–Trinajstić information content (AvgIpc) is 2.60. The Kier molecular flexibility index (Phi) is 4.23. The van der Waals surface area contributed by atoms with Crippen molar-refractivity contribution in [3.05, 3.63) is 45.3 Å². The van der Waals surface area contributed by atoms with Crippen LogP contribution in [0.4, 0.5) is 10.2 Å².